The molecule has 6 nitrogen and oxygen atoms in total. The molecule has 0 aromatic heterocycles. The standard InChI is InChI=1S/C23H15Cl2FN2O4/c24-12-10-16(20(29)17(25)11-12)19-18-21(32-28(19)15-4-2-1-3-5-15)23(31)27(22(18)30)14-8-6-13(26)7-9-14/h1-11,18-19,21,29H. The number of halogens is 3. The molecule has 0 aliphatic carbocycles. The molecule has 2 aliphatic heterocycles. The van der Waals surface area contributed by atoms with E-state index in [2.05, 4.69) is 0 Å². The van der Waals surface area contributed by atoms with Gasteiger partial charge in [0, 0.05) is 10.6 Å². The zero-order valence-electron chi connectivity index (χ0n) is 16.3. The number of carbonyl (C=O) groups excluding carboxylic acids is 2. The highest BCUT2D eigenvalue weighted by molar-refractivity contribution is 6.35. The summed E-state index contributed by atoms with van der Waals surface area (Å²) < 4.78 is 13.4. The summed E-state index contributed by atoms with van der Waals surface area (Å²) in [4.78, 5) is 33.6. The fourth-order valence-electron chi connectivity index (χ4n) is 4.19. The molecule has 1 N–H and O–H groups in total. The quantitative estimate of drug-likeness (QED) is 0.549. The Hall–Kier alpha value is -3.13. The molecule has 3 aromatic carbocycles. The number of aromatic hydroxyl groups is 1. The minimum Gasteiger partial charge on any atom is -0.506 e. The van der Waals surface area contributed by atoms with Crippen molar-refractivity contribution in [3.05, 3.63) is 88.2 Å². The van der Waals surface area contributed by atoms with Crippen LogP contribution in [-0.2, 0) is 14.4 Å². The number of hydrogen-bond acceptors (Lipinski definition) is 5. The van der Waals surface area contributed by atoms with E-state index >= 15 is 0 Å². The Morgan fingerprint density at radius 3 is 2.28 bits per heavy atom. The first-order valence-electron chi connectivity index (χ1n) is 9.69. The Labute approximate surface area is 192 Å². The number of rotatable bonds is 3. The number of imide groups is 1. The highest BCUT2D eigenvalue weighted by Crippen LogP contribution is 2.50. The van der Waals surface area contributed by atoms with Crippen molar-refractivity contribution in [3.8, 4) is 5.75 Å². The fraction of sp³-hybridized carbons (Fsp3) is 0.130. The number of phenolic OH excluding ortho intramolecular Hbond substituents is 1. The molecule has 2 heterocycles. The monoisotopic (exact) mass is 472 g/mol. The van der Waals surface area contributed by atoms with E-state index in [0.29, 0.717) is 5.69 Å². The molecule has 5 rings (SSSR count). The maximum atomic E-state index is 13.5. The van der Waals surface area contributed by atoms with Crippen molar-refractivity contribution in [1.29, 1.82) is 0 Å². The first-order chi connectivity index (χ1) is 15.4. The fourth-order valence-corrected chi connectivity index (χ4v) is 4.69. The van der Waals surface area contributed by atoms with Gasteiger partial charge in [-0.25, -0.2) is 14.4 Å². The average molecular weight is 473 g/mol. The molecule has 32 heavy (non-hydrogen) atoms. The smallest absolute Gasteiger partial charge is 0.266 e. The maximum absolute atomic E-state index is 13.5. The second kappa shape index (κ2) is 7.78. The average Bonchev–Trinajstić information content (AvgIpc) is 3.28. The number of phenols is 1. The first-order valence-corrected chi connectivity index (χ1v) is 10.4. The Morgan fingerprint density at radius 1 is 0.906 bits per heavy atom. The number of hydrogen-bond donors (Lipinski definition) is 1. The molecule has 0 bridgehead atoms. The molecule has 9 heteroatoms. The lowest BCUT2D eigenvalue weighted by Crippen LogP contribution is -2.37. The Kier molecular flexibility index (Phi) is 5.04. The molecular weight excluding hydrogens is 458 g/mol. The van der Waals surface area contributed by atoms with Crippen molar-refractivity contribution in [2.75, 3.05) is 9.96 Å². The lowest BCUT2D eigenvalue weighted by molar-refractivity contribution is -0.126. The minimum absolute atomic E-state index is 0.0103. The molecule has 0 spiro atoms. The van der Waals surface area contributed by atoms with E-state index in [1.54, 1.807) is 24.3 Å². The van der Waals surface area contributed by atoms with Gasteiger partial charge in [0.05, 0.1) is 22.4 Å². The summed E-state index contributed by atoms with van der Waals surface area (Å²) in [6, 6.07) is 15.9. The second-order valence-corrected chi connectivity index (χ2v) is 8.32. The SMILES string of the molecule is O=C1C2ON(c3ccccc3)C(c3cc(Cl)cc(Cl)c3O)C2C(=O)N1c1ccc(F)cc1. The van der Waals surface area contributed by atoms with Crippen LogP contribution in [0.4, 0.5) is 15.8 Å². The van der Waals surface area contributed by atoms with Gasteiger partial charge in [0.15, 0.2) is 6.10 Å². The zero-order valence-corrected chi connectivity index (χ0v) is 17.8. The van der Waals surface area contributed by atoms with Gasteiger partial charge in [-0.3, -0.25) is 14.4 Å². The summed E-state index contributed by atoms with van der Waals surface area (Å²) in [6.07, 6.45) is -1.14. The van der Waals surface area contributed by atoms with Gasteiger partial charge in [0.25, 0.3) is 5.91 Å². The Morgan fingerprint density at radius 2 is 1.59 bits per heavy atom. The third kappa shape index (κ3) is 3.21. The normalized spacial score (nSPS) is 22.5. The van der Waals surface area contributed by atoms with E-state index in [0.717, 1.165) is 4.90 Å². The number of benzene rings is 3. The molecule has 2 amide bonds. The number of hydroxylamine groups is 1. The van der Waals surface area contributed by atoms with E-state index in [-0.39, 0.29) is 27.0 Å². The van der Waals surface area contributed by atoms with E-state index in [1.807, 2.05) is 6.07 Å². The summed E-state index contributed by atoms with van der Waals surface area (Å²) in [7, 11) is 0. The van der Waals surface area contributed by atoms with Gasteiger partial charge in [-0.2, -0.15) is 0 Å². The van der Waals surface area contributed by atoms with Crippen LogP contribution < -0.4 is 9.96 Å². The molecule has 3 atom stereocenters. The number of anilines is 2. The number of nitrogens with zero attached hydrogens (tertiary/aromatic N) is 2. The van der Waals surface area contributed by atoms with Gasteiger partial charge < -0.3 is 5.11 Å². The predicted molar refractivity (Wildman–Crippen MR) is 117 cm³/mol. The van der Waals surface area contributed by atoms with Crippen LogP contribution in [0.25, 0.3) is 0 Å². The van der Waals surface area contributed by atoms with E-state index < -0.39 is 35.7 Å². The van der Waals surface area contributed by atoms with Crippen LogP contribution >= 0.6 is 23.2 Å². The van der Waals surface area contributed by atoms with Crippen LogP contribution in [-0.4, -0.2) is 23.0 Å². The van der Waals surface area contributed by atoms with Crippen molar-refractivity contribution in [2.24, 2.45) is 5.92 Å². The van der Waals surface area contributed by atoms with Crippen LogP contribution in [0.2, 0.25) is 10.0 Å². The van der Waals surface area contributed by atoms with E-state index in [4.69, 9.17) is 28.0 Å². The Balaban J connectivity index is 1.64. The van der Waals surface area contributed by atoms with Gasteiger partial charge in [0.1, 0.15) is 17.5 Å². The van der Waals surface area contributed by atoms with Gasteiger partial charge in [-0.1, -0.05) is 41.4 Å². The molecule has 2 aliphatic rings. The van der Waals surface area contributed by atoms with Crippen LogP contribution in [0.3, 0.4) is 0 Å². The number of carbonyl (C=O) groups is 2. The number of para-hydroxylation sites is 1. The summed E-state index contributed by atoms with van der Waals surface area (Å²) in [6.45, 7) is 0. The van der Waals surface area contributed by atoms with Gasteiger partial charge in [0.2, 0.25) is 5.91 Å². The highest BCUT2D eigenvalue weighted by atomic mass is 35.5. The van der Waals surface area contributed by atoms with Crippen LogP contribution in [0, 0.1) is 11.7 Å². The van der Waals surface area contributed by atoms with Crippen molar-refractivity contribution < 1.29 is 23.9 Å². The van der Waals surface area contributed by atoms with Gasteiger partial charge in [-0.05, 0) is 48.5 Å². The van der Waals surface area contributed by atoms with Crippen LogP contribution in [0.1, 0.15) is 11.6 Å². The van der Waals surface area contributed by atoms with Gasteiger partial charge >= 0.3 is 0 Å². The van der Waals surface area contributed by atoms with Crippen molar-refractivity contribution in [1.82, 2.24) is 0 Å². The zero-order chi connectivity index (χ0) is 22.6. The molecule has 2 fully saturated rings. The second-order valence-electron chi connectivity index (χ2n) is 7.47. The molecular formula is C23H15Cl2FN2O4. The molecule has 2 saturated heterocycles. The van der Waals surface area contributed by atoms with Crippen LogP contribution in [0.15, 0.2) is 66.7 Å². The lowest BCUT2D eigenvalue weighted by atomic mass is 9.90. The first kappa shape index (κ1) is 20.8. The van der Waals surface area contributed by atoms with E-state index in [9.17, 15) is 19.1 Å². The number of amides is 2. The molecule has 0 radical (unpaired) electrons. The predicted octanol–water partition coefficient (Wildman–Crippen LogP) is 4.89. The minimum atomic E-state index is -1.14. The van der Waals surface area contributed by atoms with Crippen molar-refractivity contribution in [2.45, 2.75) is 12.1 Å². The third-order valence-corrected chi connectivity index (χ3v) is 6.09. The summed E-state index contributed by atoms with van der Waals surface area (Å²) in [5.41, 5.74) is 1.06. The van der Waals surface area contributed by atoms with Crippen LogP contribution in [0.5, 0.6) is 5.75 Å². The summed E-state index contributed by atoms with van der Waals surface area (Å²) >= 11 is 12.3. The summed E-state index contributed by atoms with van der Waals surface area (Å²) in [5, 5.41) is 12.4. The Bertz CT molecular complexity index is 1220. The molecule has 162 valence electrons. The molecule has 3 unspecified atom stereocenters. The summed E-state index contributed by atoms with van der Waals surface area (Å²) in [5.74, 6) is -2.86. The lowest BCUT2D eigenvalue weighted by Gasteiger charge is -2.29. The topological polar surface area (TPSA) is 70.1 Å². The largest absolute Gasteiger partial charge is 0.506 e. The third-order valence-electron chi connectivity index (χ3n) is 5.59. The maximum Gasteiger partial charge on any atom is 0.266 e. The molecule has 3 aromatic rings. The van der Waals surface area contributed by atoms with E-state index in [1.165, 1.54) is 41.5 Å². The molecule has 0 saturated carbocycles. The van der Waals surface area contributed by atoms with Gasteiger partial charge in [-0.15, -0.1) is 0 Å². The number of fused-ring (bicyclic) bond motifs is 1. The highest BCUT2D eigenvalue weighted by Gasteiger charge is 2.60. The van der Waals surface area contributed by atoms with Crippen molar-refractivity contribution in [3.63, 3.8) is 0 Å². The van der Waals surface area contributed by atoms with Crippen molar-refractivity contribution >= 4 is 46.4 Å².